The van der Waals surface area contributed by atoms with Gasteiger partial charge in [0.25, 0.3) is 0 Å². The molecule has 1 aliphatic heterocycles. The van der Waals surface area contributed by atoms with Crippen molar-refractivity contribution in [2.75, 3.05) is 0 Å². The molecule has 0 aliphatic carbocycles. The van der Waals surface area contributed by atoms with Crippen LogP contribution in [0.3, 0.4) is 0 Å². The zero-order valence-corrected chi connectivity index (χ0v) is 12.5. The quantitative estimate of drug-likeness (QED) is 0.906. The van der Waals surface area contributed by atoms with Crippen LogP contribution in [0.2, 0.25) is 0 Å². The van der Waals surface area contributed by atoms with E-state index >= 15 is 0 Å². The topological polar surface area (TPSA) is 32.3 Å². The fourth-order valence-corrected chi connectivity index (χ4v) is 2.70. The van der Waals surface area contributed by atoms with Crippen molar-refractivity contribution in [3.05, 3.63) is 34.9 Å². The van der Waals surface area contributed by atoms with E-state index in [2.05, 4.69) is 51.2 Å². The number of carbonyl (C=O) groups is 1. The number of nitrogens with one attached hydrogen (secondary N) is 1. The molecule has 3 nitrogen and oxygen atoms in total. The summed E-state index contributed by atoms with van der Waals surface area (Å²) in [5.74, 6) is 0.209. The monoisotopic (exact) mass is 260 g/mol. The van der Waals surface area contributed by atoms with Gasteiger partial charge in [0.2, 0.25) is 5.91 Å². The molecule has 3 unspecified atom stereocenters. The van der Waals surface area contributed by atoms with Gasteiger partial charge in [-0.25, -0.2) is 0 Å². The second-order valence-electron chi connectivity index (χ2n) is 5.65. The first kappa shape index (κ1) is 14.1. The lowest BCUT2D eigenvalue weighted by molar-refractivity contribution is -0.131. The SMILES string of the molecule is CCC(C)N1C(=O)C(C)NC1c1cc(C)ccc1C. The minimum atomic E-state index is -0.0982. The first-order valence-corrected chi connectivity index (χ1v) is 7.11. The van der Waals surface area contributed by atoms with Gasteiger partial charge in [0, 0.05) is 6.04 Å². The highest BCUT2D eigenvalue weighted by molar-refractivity contribution is 5.84. The van der Waals surface area contributed by atoms with E-state index in [1.165, 1.54) is 16.7 Å². The number of aryl methyl sites for hydroxylation is 2. The standard InChI is InChI=1S/C16H24N2O/c1-6-12(4)18-15(17-13(5)16(18)19)14-9-10(2)7-8-11(14)3/h7-9,12-13,15,17H,6H2,1-5H3. The predicted octanol–water partition coefficient (Wildman–Crippen LogP) is 2.92. The second-order valence-corrected chi connectivity index (χ2v) is 5.65. The maximum atomic E-state index is 12.3. The molecule has 0 spiro atoms. The van der Waals surface area contributed by atoms with E-state index in [1.807, 2.05) is 11.8 Å². The molecule has 1 heterocycles. The molecule has 1 aromatic carbocycles. The van der Waals surface area contributed by atoms with Crippen molar-refractivity contribution < 1.29 is 4.79 Å². The van der Waals surface area contributed by atoms with E-state index in [9.17, 15) is 4.79 Å². The molecule has 0 saturated carbocycles. The third-order valence-corrected chi connectivity index (χ3v) is 4.11. The van der Waals surface area contributed by atoms with Crippen LogP contribution in [0.5, 0.6) is 0 Å². The van der Waals surface area contributed by atoms with Crippen molar-refractivity contribution in [1.82, 2.24) is 10.2 Å². The Hall–Kier alpha value is -1.35. The summed E-state index contributed by atoms with van der Waals surface area (Å²) in [7, 11) is 0. The molecule has 2 rings (SSSR count). The van der Waals surface area contributed by atoms with E-state index in [4.69, 9.17) is 0 Å². The lowest BCUT2D eigenvalue weighted by atomic mass is 10.0. The Morgan fingerprint density at radius 1 is 1.37 bits per heavy atom. The van der Waals surface area contributed by atoms with Gasteiger partial charge >= 0.3 is 0 Å². The average molecular weight is 260 g/mol. The summed E-state index contributed by atoms with van der Waals surface area (Å²) in [5.41, 5.74) is 3.69. The summed E-state index contributed by atoms with van der Waals surface area (Å²) < 4.78 is 0. The number of nitrogens with zero attached hydrogens (tertiary/aromatic N) is 1. The van der Waals surface area contributed by atoms with E-state index in [0.29, 0.717) is 0 Å². The smallest absolute Gasteiger partial charge is 0.241 e. The number of carbonyl (C=O) groups excluding carboxylic acids is 1. The third-order valence-electron chi connectivity index (χ3n) is 4.11. The van der Waals surface area contributed by atoms with Crippen LogP contribution in [0.15, 0.2) is 18.2 Å². The highest BCUT2D eigenvalue weighted by Crippen LogP contribution is 2.30. The van der Waals surface area contributed by atoms with E-state index < -0.39 is 0 Å². The van der Waals surface area contributed by atoms with Gasteiger partial charge in [-0.05, 0) is 45.2 Å². The van der Waals surface area contributed by atoms with Crippen LogP contribution in [0.25, 0.3) is 0 Å². The summed E-state index contributed by atoms with van der Waals surface area (Å²) >= 11 is 0. The Kier molecular flexibility index (Phi) is 3.95. The van der Waals surface area contributed by atoms with Crippen LogP contribution >= 0.6 is 0 Å². The Balaban J connectivity index is 2.41. The van der Waals surface area contributed by atoms with Gasteiger partial charge in [0.15, 0.2) is 0 Å². The average Bonchev–Trinajstić information content (AvgIpc) is 2.68. The summed E-state index contributed by atoms with van der Waals surface area (Å²) in [6.07, 6.45) is 0.985. The molecule has 1 fully saturated rings. The molecule has 104 valence electrons. The molecule has 1 aliphatic rings. The van der Waals surface area contributed by atoms with Crippen molar-refractivity contribution in [2.45, 2.75) is 59.3 Å². The van der Waals surface area contributed by atoms with Crippen LogP contribution in [-0.2, 0) is 4.79 Å². The number of hydrogen-bond donors (Lipinski definition) is 1. The Bertz CT molecular complexity index is 484. The van der Waals surface area contributed by atoms with Gasteiger partial charge in [-0.2, -0.15) is 0 Å². The Morgan fingerprint density at radius 2 is 2.05 bits per heavy atom. The van der Waals surface area contributed by atoms with Gasteiger partial charge in [0.1, 0.15) is 6.17 Å². The molecule has 1 aromatic rings. The van der Waals surface area contributed by atoms with Gasteiger partial charge in [-0.15, -0.1) is 0 Å². The van der Waals surface area contributed by atoms with E-state index in [-0.39, 0.29) is 24.2 Å². The Morgan fingerprint density at radius 3 is 2.68 bits per heavy atom. The molecule has 1 amide bonds. The van der Waals surface area contributed by atoms with Gasteiger partial charge in [-0.1, -0.05) is 30.7 Å². The second kappa shape index (κ2) is 5.33. The molecule has 0 radical (unpaired) electrons. The molecule has 1 saturated heterocycles. The van der Waals surface area contributed by atoms with E-state index in [1.54, 1.807) is 0 Å². The molecular formula is C16H24N2O. The van der Waals surface area contributed by atoms with Gasteiger partial charge in [0.05, 0.1) is 6.04 Å². The predicted molar refractivity (Wildman–Crippen MR) is 77.9 cm³/mol. The van der Waals surface area contributed by atoms with Crippen molar-refractivity contribution in [3.63, 3.8) is 0 Å². The number of amides is 1. The van der Waals surface area contributed by atoms with Crippen LogP contribution in [0, 0.1) is 13.8 Å². The van der Waals surface area contributed by atoms with Crippen molar-refractivity contribution >= 4 is 5.91 Å². The maximum absolute atomic E-state index is 12.3. The van der Waals surface area contributed by atoms with Crippen molar-refractivity contribution in [3.8, 4) is 0 Å². The molecule has 0 aromatic heterocycles. The zero-order chi connectivity index (χ0) is 14.2. The first-order chi connectivity index (χ1) is 8.95. The van der Waals surface area contributed by atoms with Crippen LogP contribution in [-0.4, -0.2) is 22.9 Å². The normalized spacial score (nSPS) is 24.9. The van der Waals surface area contributed by atoms with E-state index in [0.717, 1.165) is 6.42 Å². The summed E-state index contributed by atoms with van der Waals surface area (Å²) in [4.78, 5) is 14.4. The molecule has 3 heteroatoms. The third kappa shape index (κ3) is 2.52. The molecule has 0 bridgehead atoms. The van der Waals surface area contributed by atoms with Crippen LogP contribution in [0.4, 0.5) is 0 Å². The molecule has 3 atom stereocenters. The number of hydrogen-bond acceptors (Lipinski definition) is 2. The lowest BCUT2D eigenvalue weighted by Gasteiger charge is -2.31. The minimum absolute atomic E-state index is 0.0114. The van der Waals surface area contributed by atoms with Crippen molar-refractivity contribution in [2.24, 2.45) is 0 Å². The molecule has 1 N–H and O–H groups in total. The summed E-state index contributed by atoms with van der Waals surface area (Å²) in [6.45, 7) is 10.4. The fraction of sp³-hybridized carbons (Fsp3) is 0.562. The number of benzene rings is 1. The zero-order valence-electron chi connectivity index (χ0n) is 12.5. The Labute approximate surface area is 116 Å². The summed E-state index contributed by atoms with van der Waals surface area (Å²) in [5, 5.41) is 3.43. The molecular weight excluding hydrogens is 236 g/mol. The van der Waals surface area contributed by atoms with Gasteiger partial charge < -0.3 is 4.90 Å². The van der Waals surface area contributed by atoms with Crippen LogP contribution in [0.1, 0.15) is 50.0 Å². The lowest BCUT2D eigenvalue weighted by Crippen LogP contribution is -2.38. The highest BCUT2D eigenvalue weighted by atomic mass is 16.2. The minimum Gasteiger partial charge on any atom is -0.319 e. The summed E-state index contributed by atoms with van der Waals surface area (Å²) in [6, 6.07) is 6.60. The fourth-order valence-electron chi connectivity index (χ4n) is 2.70. The van der Waals surface area contributed by atoms with Crippen LogP contribution < -0.4 is 5.32 Å². The number of rotatable bonds is 3. The van der Waals surface area contributed by atoms with Crippen molar-refractivity contribution in [1.29, 1.82) is 0 Å². The first-order valence-electron chi connectivity index (χ1n) is 7.11. The molecule has 19 heavy (non-hydrogen) atoms. The largest absolute Gasteiger partial charge is 0.319 e. The highest BCUT2D eigenvalue weighted by Gasteiger charge is 2.39. The van der Waals surface area contributed by atoms with Gasteiger partial charge in [-0.3, -0.25) is 10.1 Å². The maximum Gasteiger partial charge on any atom is 0.241 e.